The molecule has 1 aromatic heterocycles. The number of rotatable bonds is 5. The topological polar surface area (TPSA) is 88.3 Å². The molecule has 1 aliphatic heterocycles. The number of amides is 2. The highest BCUT2D eigenvalue weighted by Gasteiger charge is 2.35. The Labute approximate surface area is 172 Å². The highest BCUT2D eigenvalue weighted by Crippen LogP contribution is 2.27. The maximum atomic E-state index is 12.6. The molecule has 1 aliphatic rings. The molecule has 148 valence electrons. The van der Waals surface area contributed by atoms with Gasteiger partial charge >= 0.3 is 0 Å². The molecule has 0 unspecified atom stereocenters. The summed E-state index contributed by atoms with van der Waals surface area (Å²) >= 11 is 5.90. The lowest BCUT2D eigenvalue weighted by Crippen LogP contribution is -2.28. The monoisotopic (exact) mass is 410 g/mol. The Hall–Kier alpha value is -3.19. The summed E-state index contributed by atoms with van der Waals surface area (Å²) in [6, 6.07) is 14.2. The number of benzene rings is 2. The normalized spacial score (nSPS) is 16.3. The summed E-state index contributed by atoms with van der Waals surface area (Å²) in [5.74, 6) is 0.341. The molecule has 4 rings (SSSR count). The molecule has 0 spiro atoms. The van der Waals surface area contributed by atoms with Crippen molar-refractivity contribution in [3.05, 3.63) is 59.4 Å². The number of aromatic nitrogens is 2. The zero-order chi connectivity index (χ0) is 20.4. The van der Waals surface area contributed by atoms with Crippen molar-refractivity contribution in [2.45, 2.75) is 19.8 Å². The van der Waals surface area contributed by atoms with Gasteiger partial charge in [-0.3, -0.25) is 9.59 Å². The van der Waals surface area contributed by atoms with Gasteiger partial charge in [-0.15, -0.1) is 10.2 Å². The van der Waals surface area contributed by atoms with Crippen molar-refractivity contribution in [2.24, 2.45) is 5.92 Å². The molecule has 8 heteroatoms. The number of halogens is 1. The molecule has 3 aromatic rings. The van der Waals surface area contributed by atoms with Gasteiger partial charge in [0.25, 0.3) is 0 Å². The van der Waals surface area contributed by atoms with Crippen molar-refractivity contribution in [1.29, 1.82) is 0 Å². The van der Waals surface area contributed by atoms with Crippen LogP contribution in [0.4, 0.5) is 11.4 Å². The molecule has 1 N–H and O–H groups in total. The average molecular weight is 411 g/mol. The molecule has 0 aliphatic carbocycles. The summed E-state index contributed by atoms with van der Waals surface area (Å²) in [5.41, 5.74) is 2.16. The quantitative estimate of drug-likeness (QED) is 0.688. The van der Waals surface area contributed by atoms with E-state index < -0.39 is 5.92 Å². The van der Waals surface area contributed by atoms with E-state index in [1.54, 1.807) is 41.3 Å². The molecule has 2 heterocycles. The van der Waals surface area contributed by atoms with E-state index in [2.05, 4.69) is 15.5 Å². The van der Waals surface area contributed by atoms with Crippen LogP contribution < -0.4 is 10.2 Å². The minimum atomic E-state index is -0.416. The number of hydrogen-bond donors (Lipinski definition) is 1. The van der Waals surface area contributed by atoms with Crippen LogP contribution >= 0.6 is 11.6 Å². The second-order valence-corrected chi connectivity index (χ2v) is 7.24. The predicted molar refractivity (Wildman–Crippen MR) is 110 cm³/mol. The maximum absolute atomic E-state index is 12.6. The van der Waals surface area contributed by atoms with Gasteiger partial charge in [0.2, 0.25) is 23.6 Å². The lowest BCUT2D eigenvalue weighted by Gasteiger charge is -2.16. The third-order valence-electron chi connectivity index (χ3n) is 4.80. The van der Waals surface area contributed by atoms with E-state index in [0.29, 0.717) is 35.5 Å². The van der Waals surface area contributed by atoms with Crippen LogP contribution in [0.1, 0.15) is 19.2 Å². The van der Waals surface area contributed by atoms with Gasteiger partial charge in [0.05, 0.1) is 5.92 Å². The van der Waals surface area contributed by atoms with Crippen molar-refractivity contribution < 1.29 is 14.0 Å². The lowest BCUT2D eigenvalue weighted by atomic mass is 10.1. The second kappa shape index (κ2) is 8.05. The first kappa shape index (κ1) is 19.1. The number of carbonyl (C=O) groups is 2. The van der Waals surface area contributed by atoms with E-state index in [1.807, 2.05) is 19.1 Å². The standard InChI is InChI=1S/C21H19ClN4O3/c1-2-18-24-25-21(29-18)13-3-7-16(8-4-13)23-20(28)14-11-19(27)26(12-14)17-9-5-15(22)6-10-17/h3-10,14H,2,11-12H2,1H3,(H,23,28)/t14-/m1/s1. The minimum Gasteiger partial charge on any atom is -0.421 e. The fourth-order valence-electron chi connectivity index (χ4n) is 3.21. The predicted octanol–water partition coefficient (Wildman–Crippen LogP) is 3.94. The summed E-state index contributed by atoms with van der Waals surface area (Å²) in [6.07, 6.45) is 0.850. The summed E-state index contributed by atoms with van der Waals surface area (Å²) in [5, 5.41) is 11.4. The first-order valence-corrected chi connectivity index (χ1v) is 9.71. The van der Waals surface area contributed by atoms with Crippen LogP contribution in [-0.4, -0.2) is 28.6 Å². The third-order valence-corrected chi connectivity index (χ3v) is 5.05. The van der Waals surface area contributed by atoms with Gasteiger partial charge in [-0.25, -0.2) is 0 Å². The molecule has 1 atom stereocenters. The summed E-state index contributed by atoms with van der Waals surface area (Å²) in [4.78, 5) is 26.6. The fraction of sp³-hybridized carbons (Fsp3) is 0.238. The Morgan fingerprint density at radius 3 is 2.55 bits per heavy atom. The maximum Gasteiger partial charge on any atom is 0.247 e. The Morgan fingerprint density at radius 2 is 1.90 bits per heavy atom. The Kier molecular flexibility index (Phi) is 5.31. The van der Waals surface area contributed by atoms with Gasteiger partial charge in [0, 0.05) is 41.3 Å². The molecular formula is C21H19ClN4O3. The zero-order valence-corrected chi connectivity index (χ0v) is 16.5. The number of carbonyl (C=O) groups excluding carboxylic acids is 2. The number of nitrogens with zero attached hydrogens (tertiary/aromatic N) is 3. The van der Waals surface area contributed by atoms with Gasteiger partial charge in [0.15, 0.2) is 0 Å². The molecule has 7 nitrogen and oxygen atoms in total. The SMILES string of the molecule is CCc1nnc(-c2ccc(NC(=O)[C@@H]3CC(=O)N(c4ccc(Cl)cc4)C3)cc2)o1. The number of nitrogens with one attached hydrogen (secondary N) is 1. The molecule has 0 radical (unpaired) electrons. The van der Waals surface area contributed by atoms with Crippen LogP contribution in [-0.2, 0) is 16.0 Å². The van der Waals surface area contributed by atoms with E-state index in [9.17, 15) is 9.59 Å². The van der Waals surface area contributed by atoms with Crippen molar-refractivity contribution in [1.82, 2.24) is 10.2 Å². The van der Waals surface area contributed by atoms with Crippen molar-refractivity contribution in [3.8, 4) is 11.5 Å². The summed E-state index contributed by atoms with van der Waals surface area (Å²) < 4.78 is 5.53. The van der Waals surface area contributed by atoms with Crippen LogP contribution in [0, 0.1) is 5.92 Å². The Morgan fingerprint density at radius 1 is 1.17 bits per heavy atom. The zero-order valence-electron chi connectivity index (χ0n) is 15.8. The smallest absolute Gasteiger partial charge is 0.247 e. The van der Waals surface area contributed by atoms with Gasteiger partial charge in [-0.1, -0.05) is 18.5 Å². The molecule has 1 fully saturated rings. The summed E-state index contributed by atoms with van der Waals surface area (Å²) in [7, 11) is 0. The van der Waals surface area contributed by atoms with E-state index >= 15 is 0 Å². The minimum absolute atomic E-state index is 0.0778. The molecule has 0 saturated carbocycles. The third kappa shape index (κ3) is 4.14. The Bertz CT molecular complexity index is 1030. The number of anilines is 2. The van der Waals surface area contributed by atoms with Crippen molar-refractivity contribution in [2.75, 3.05) is 16.8 Å². The molecule has 2 aromatic carbocycles. The van der Waals surface area contributed by atoms with E-state index in [4.69, 9.17) is 16.0 Å². The number of aryl methyl sites for hydroxylation is 1. The largest absolute Gasteiger partial charge is 0.421 e. The van der Waals surface area contributed by atoms with Crippen LogP contribution in [0.2, 0.25) is 5.02 Å². The van der Waals surface area contributed by atoms with Gasteiger partial charge in [0.1, 0.15) is 0 Å². The fourth-order valence-corrected chi connectivity index (χ4v) is 3.33. The van der Waals surface area contributed by atoms with Crippen molar-refractivity contribution in [3.63, 3.8) is 0 Å². The van der Waals surface area contributed by atoms with Crippen LogP contribution in [0.25, 0.3) is 11.5 Å². The van der Waals surface area contributed by atoms with Gasteiger partial charge in [-0.2, -0.15) is 0 Å². The van der Waals surface area contributed by atoms with Crippen LogP contribution in [0.5, 0.6) is 0 Å². The molecule has 29 heavy (non-hydrogen) atoms. The molecule has 1 saturated heterocycles. The van der Waals surface area contributed by atoms with Gasteiger partial charge in [-0.05, 0) is 48.5 Å². The highest BCUT2D eigenvalue weighted by atomic mass is 35.5. The van der Waals surface area contributed by atoms with E-state index in [0.717, 1.165) is 11.3 Å². The molecular weight excluding hydrogens is 392 g/mol. The second-order valence-electron chi connectivity index (χ2n) is 6.80. The highest BCUT2D eigenvalue weighted by molar-refractivity contribution is 6.30. The molecule has 2 amide bonds. The summed E-state index contributed by atoms with van der Waals surface area (Å²) in [6.45, 7) is 2.28. The Balaban J connectivity index is 1.40. The lowest BCUT2D eigenvalue weighted by molar-refractivity contribution is -0.122. The van der Waals surface area contributed by atoms with Crippen LogP contribution in [0.15, 0.2) is 52.9 Å². The van der Waals surface area contributed by atoms with E-state index in [1.165, 1.54) is 0 Å². The van der Waals surface area contributed by atoms with E-state index in [-0.39, 0.29) is 18.2 Å². The van der Waals surface area contributed by atoms with Crippen molar-refractivity contribution >= 4 is 34.8 Å². The van der Waals surface area contributed by atoms with Crippen LogP contribution in [0.3, 0.4) is 0 Å². The number of hydrogen-bond acceptors (Lipinski definition) is 5. The average Bonchev–Trinajstić information content (AvgIpc) is 3.36. The van der Waals surface area contributed by atoms with Gasteiger partial charge < -0.3 is 14.6 Å². The first-order valence-electron chi connectivity index (χ1n) is 9.33. The molecule has 0 bridgehead atoms. The first-order chi connectivity index (χ1) is 14.0.